The molecular weight excluding hydrogens is 388 g/mol. The molecule has 1 heterocycles. The second-order valence-corrected chi connectivity index (χ2v) is 6.79. The first kappa shape index (κ1) is 19.8. The van der Waals surface area contributed by atoms with E-state index in [-0.39, 0.29) is 24.2 Å². The molecule has 0 aliphatic rings. The number of oxazole rings is 1. The Morgan fingerprint density at radius 1 is 1.18 bits per heavy atom. The number of rotatable bonds is 6. The highest BCUT2D eigenvalue weighted by molar-refractivity contribution is 6.30. The molecule has 2 aromatic carbocycles. The molecule has 3 aromatic rings. The zero-order chi connectivity index (χ0) is 20.3. The first-order chi connectivity index (χ1) is 13.3. The Labute approximate surface area is 165 Å². The van der Waals surface area contributed by atoms with E-state index in [1.54, 1.807) is 30.5 Å². The minimum Gasteiger partial charge on any atom is -0.441 e. The lowest BCUT2D eigenvalue weighted by Crippen LogP contribution is -2.16. The summed E-state index contributed by atoms with van der Waals surface area (Å²) in [4.78, 5) is 17.6. The third-order valence-corrected chi connectivity index (χ3v) is 4.25. The number of amides is 1. The van der Waals surface area contributed by atoms with Crippen LogP contribution in [0.15, 0.2) is 47.0 Å². The fraction of sp³-hybridized carbons (Fsp3) is 0.200. The van der Waals surface area contributed by atoms with Gasteiger partial charge in [-0.15, -0.1) is 0 Å². The van der Waals surface area contributed by atoms with E-state index in [0.717, 1.165) is 17.7 Å². The Morgan fingerprint density at radius 3 is 2.43 bits per heavy atom. The monoisotopic (exact) mass is 405 g/mol. The summed E-state index contributed by atoms with van der Waals surface area (Å²) in [5, 5.41) is 3.10. The van der Waals surface area contributed by atoms with Gasteiger partial charge in [-0.3, -0.25) is 4.79 Å². The van der Waals surface area contributed by atoms with Crippen LogP contribution >= 0.6 is 11.6 Å². The van der Waals surface area contributed by atoms with Gasteiger partial charge in [0.2, 0.25) is 5.91 Å². The van der Waals surface area contributed by atoms with Gasteiger partial charge in [0.15, 0.2) is 23.3 Å². The average Bonchev–Trinajstić information content (AvgIpc) is 3.08. The number of hydrogen-bond acceptors (Lipinski definition) is 4. The fourth-order valence-corrected chi connectivity index (χ4v) is 2.81. The number of nitrogens with one attached hydrogen (secondary N) is 1. The number of nitrogens with zero attached hydrogens (tertiary/aromatic N) is 2. The van der Waals surface area contributed by atoms with Crippen molar-refractivity contribution in [1.82, 2.24) is 4.98 Å². The Balaban J connectivity index is 1.60. The van der Waals surface area contributed by atoms with Gasteiger partial charge in [-0.25, -0.2) is 13.8 Å². The van der Waals surface area contributed by atoms with Crippen LogP contribution in [0.4, 0.5) is 20.2 Å². The van der Waals surface area contributed by atoms with Crippen LogP contribution in [0.5, 0.6) is 0 Å². The third kappa shape index (κ3) is 4.67. The molecule has 0 aliphatic heterocycles. The first-order valence-corrected chi connectivity index (χ1v) is 8.88. The van der Waals surface area contributed by atoms with Crippen LogP contribution in [0.25, 0.3) is 11.3 Å². The van der Waals surface area contributed by atoms with E-state index in [2.05, 4.69) is 10.3 Å². The zero-order valence-corrected chi connectivity index (χ0v) is 16.1. The number of benzene rings is 2. The van der Waals surface area contributed by atoms with Gasteiger partial charge in [0.05, 0.1) is 6.20 Å². The van der Waals surface area contributed by atoms with E-state index in [9.17, 15) is 13.6 Å². The van der Waals surface area contributed by atoms with Crippen molar-refractivity contribution in [1.29, 1.82) is 0 Å². The Hall–Kier alpha value is -2.93. The SMILES string of the molecule is CN(C)c1c(F)cc(NC(=O)CCc2ncc(-c3ccc(Cl)cc3)o2)cc1F. The smallest absolute Gasteiger partial charge is 0.224 e. The average molecular weight is 406 g/mol. The van der Waals surface area contributed by atoms with Crippen LogP contribution in [0.3, 0.4) is 0 Å². The molecule has 28 heavy (non-hydrogen) atoms. The Kier molecular flexibility index (Phi) is 5.94. The number of halogens is 3. The summed E-state index contributed by atoms with van der Waals surface area (Å²) in [6, 6.07) is 9.26. The maximum Gasteiger partial charge on any atom is 0.224 e. The Bertz CT molecular complexity index is 964. The summed E-state index contributed by atoms with van der Waals surface area (Å²) < 4.78 is 33.6. The molecule has 0 fully saturated rings. The summed E-state index contributed by atoms with van der Waals surface area (Å²) in [6.07, 6.45) is 1.88. The van der Waals surface area contributed by atoms with E-state index >= 15 is 0 Å². The van der Waals surface area contributed by atoms with Crippen LogP contribution in [-0.4, -0.2) is 25.0 Å². The van der Waals surface area contributed by atoms with E-state index in [1.165, 1.54) is 19.0 Å². The van der Waals surface area contributed by atoms with Crippen LogP contribution in [0.2, 0.25) is 5.02 Å². The van der Waals surface area contributed by atoms with Gasteiger partial charge in [-0.05, 0) is 36.4 Å². The summed E-state index contributed by atoms with van der Waals surface area (Å²) >= 11 is 5.86. The van der Waals surface area contributed by atoms with Gasteiger partial charge < -0.3 is 14.6 Å². The second kappa shape index (κ2) is 8.39. The normalized spacial score (nSPS) is 10.8. The standard InChI is InChI=1S/C20H18ClF2N3O2/c1-26(2)20-15(22)9-14(10-16(20)23)25-18(27)7-8-19-24-11-17(28-19)12-3-5-13(21)6-4-12/h3-6,9-11H,7-8H2,1-2H3,(H,25,27). The number of carbonyl (C=O) groups is 1. The van der Waals surface area contributed by atoms with Crippen molar-refractivity contribution in [2.45, 2.75) is 12.8 Å². The van der Waals surface area contributed by atoms with Gasteiger partial charge in [0, 0.05) is 43.2 Å². The minimum absolute atomic E-state index is 0.0548. The predicted octanol–water partition coefficient (Wildman–Crippen LogP) is 4.91. The van der Waals surface area contributed by atoms with Crippen molar-refractivity contribution >= 4 is 28.9 Å². The van der Waals surface area contributed by atoms with Gasteiger partial charge in [-0.2, -0.15) is 0 Å². The summed E-state index contributed by atoms with van der Waals surface area (Å²) in [6.45, 7) is 0. The number of hydrogen-bond donors (Lipinski definition) is 1. The molecule has 3 rings (SSSR count). The van der Waals surface area contributed by atoms with Crippen molar-refractivity contribution in [3.63, 3.8) is 0 Å². The molecule has 0 aliphatic carbocycles. The highest BCUT2D eigenvalue weighted by Crippen LogP contribution is 2.26. The molecule has 0 saturated carbocycles. The fourth-order valence-electron chi connectivity index (χ4n) is 2.68. The summed E-state index contributed by atoms with van der Waals surface area (Å²) in [5.74, 6) is -0.945. The molecule has 0 saturated heterocycles. The number of carbonyl (C=O) groups excluding carboxylic acids is 1. The molecular formula is C20H18ClF2N3O2. The van der Waals surface area contributed by atoms with Crippen LogP contribution in [-0.2, 0) is 11.2 Å². The molecule has 5 nitrogen and oxygen atoms in total. The summed E-state index contributed by atoms with van der Waals surface area (Å²) in [7, 11) is 3.07. The lowest BCUT2D eigenvalue weighted by atomic mass is 10.2. The van der Waals surface area contributed by atoms with E-state index in [4.69, 9.17) is 16.0 Å². The summed E-state index contributed by atoms with van der Waals surface area (Å²) in [5.41, 5.74) is 0.715. The van der Waals surface area contributed by atoms with Gasteiger partial charge in [-0.1, -0.05) is 11.6 Å². The van der Waals surface area contributed by atoms with E-state index in [0.29, 0.717) is 16.7 Å². The molecule has 146 valence electrons. The predicted molar refractivity (Wildman–Crippen MR) is 105 cm³/mol. The highest BCUT2D eigenvalue weighted by Gasteiger charge is 2.15. The van der Waals surface area contributed by atoms with Gasteiger partial charge in [0.1, 0.15) is 5.69 Å². The van der Waals surface area contributed by atoms with Crippen molar-refractivity contribution in [3.05, 3.63) is 65.1 Å². The van der Waals surface area contributed by atoms with Crippen molar-refractivity contribution in [2.24, 2.45) is 0 Å². The lowest BCUT2D eigenvalue weighted by Gasteiger charge is -2.15. The molecule has 8 heteroatoms. The van der Waals surface area contributed by atoms with E-state index < -0.39 is 17.5 Å². The van der Waals surface area contributed by atoms with E-state index in [1.807, 2.05) is 0 Å². The lowest BCUT2D eigenvalue weighted by molar-refractivity contribution is -0.116. The second-order valence-electron chi connectivity index (χ2n) is 6.36. The zero-order valence-electron chi connectivity index (χ0n) is 15.3. The molecule has 0 bridgehead atoms. The maximum absolute atomic E-state index is 14.0. The number of anilines is 2. The molecule has 0 atom stereocenters. The van der Waals surface area contributed by atoms with Crippen molar-refractivity contribution in [2.75, 3.05) is 24.3 Å². The first-order valence-electron chi connectivity index (χ1n) is 8.50. The van der Waals surface area contributed by atoms with Crippen LogP contribution < -0.4 is 10.2 Å². The molecule has 0 unspecified atom stereocenters. The topological polar surface area (TPSA) is 58.4 Å². The molecule has 0 radical (unpaired) electrons. The van der Waals surface area contributed by atoms with Crippen LogP contribution in [0, 0.1) is 11.6 Å². The maximum atomic E-state index is 14.0. The molecule has 1 N–H and O–H groups in total. The molecule has 1 amide bonds. The highest BCUT2D eigenvalue weighted by atomic mass is 35.5. The van der Waals surface area contributed by atoms with Crippen molar-refractivity contribution in [3.8, 4) is 11.3 Å². The largest absolute Gasteiger partial charge is 0.441 e. The quantitative estimate of drug-likeness (QED) is 0.633. The Morgan fingerprint density at radius 2 is 1.82 bits per heavy atom. The number of aryl methyl sites for hydroxylation is 1. The number of aromatic nitrogens is 1. The third-order valence-electron chi connectivity index (χ3n) is 4.00. The van der Waals surface area contributed by atoms with Crippen LogP contribution in [0.1, 0.15) is 12.3 Å². The minimum atomic E-state index is -0.749. The van der Waals surface area contributed by atoms with Crippen molar-refractivity contribution < 1.29 is 18.0 Å². The van der Waals surface area contributed by atoms with Gasteiger partial charge in [0.25, 0.3) is 0 Å². The molecule has 1 aromatic heterocycles. The molecule has 0 spiro atoms. The van der Waals surface area contributed by atoms with Gasteiger partial charge >= 0.3 is 0 Å².